The van der Waals surface area contributed by atoms with E-state index in [4.69, 9.17) is 4.74 Å². The minimum Gasteiger partial charge on any atom is -0.378 e. The van der Waals surface area contributed by atoms with Crippen molar-refractivity contribution in [2.75, 3.05) is 19.7 Å². The SMILES string of the molecule is CCC1CC(C#N)(N2CCCCCC2)CCO1. The van der Waals surface area contributed by atoms with Crippen molar-refractivity contribution in [1.29, 1.82) is 5.26 Å². The number of nitriles is 1. The van der Waals surface area contributed by atoms with Gasteiger partial charge >= 0.3 is 0 Å². The molecule has 3 nitrogen and oxygen atoms in total. The second-order valence-electron chi connectivity index (χ2n) is 5.40. The van der Waals surface area contributed by atoms with E-state index in [-0.39, 0.29) is 11.6 Å². The fraction of sp³-hybridized carbons (Fsp3) is 0.929. The smallest absolute Gasteiger partial charge is 0.113 e. The van der Waals surface area contributed by atoms with Gasteiger partial charge < -0.3 is 4.74 Å². The molecule has 0 aliphatic carbocycles. The standard InChI is InChI=1S/C14H24N2O/c1-2-13-11-14(12-15,7-10-17-13)16-8-5-3-4-6-9-16/h13H,2-11H2,1H3. The third-order valence-electron chi connectivity index (χ3n) is 4.31. The molecule has 0 bridgehead atoms. The molecule has 2 aliphatic heterocycles. The van der Waals surface area contributed by atoms with E-state index in [0.717, 1.165) is 39.0 Å². The first-order valence-electron chi connectivity index (χ1n) is 7.08. The van der Waals surface area contributed by atoms with Crippen LogP contribution < -0.4 is 0 Å². The van der Waals surface area contributed by atoms with Crippen LogP contribution >= 0.6 is 0 Å². The summed E-state index contributed by atoms with van der Waals surface area (Å²) in [5, 5.41) is 9.65. The van der Waals surface area contributed by atoms with Gasteiger partial charge in [-0.3, -0.25) is 4.90 Å². The molecule has 0 aromatic rings. The van der Waals surface area contributed by atoms with Gasteiger partial charge in [-0.15, -0.1) is 0 Å². The van der Waals surface area contributed by atoms with Gasteiger partial charge in [0.2, 0.25) is 0 Å². The summed E-state index contributed by atoms with van der Waals surface area (Å²) in [6.45, 7) is 5.11. The van der Waals surface area contributed by atoms with Gasteiger partial charge in [-0.1, -0.05) is 19.8 Å². The molecule has 2 unspecified atom stereocenters. The van der Waals surface area contributed by atoms with Crippen molar-refractivity contribution in [2.45, 2.75) is 63.5 Å². The molecule has 2 atom stereocenters. The number of ether oxygens (including phenoxy) is 1. The summed E-state index contributed by atoms with van der Waals surface area (Å²) in [6, 6.07) is 2.63. The van der Waals surface area contributed by atoms with Crippen molar-refractivity contribution in [3.05, 3.63) is 0 Å². The van der Waals surface area contributed by atoms with Gasteiger partial charge in [-0.25, -0.2) is 0 Å². The Bertz CT molecular complexity index is 278. The normalized spacial score (nSPS) is 36.1. The number of hydrogen-bond donors (Lipinski definition) is 0. The zero-order chi connectivity index (χ0) is 12.1. The quantitative estimate of drug-likeness (QED) is 0.739. The lowest BCUT2D eigenvalue weighted by Crippen LogP contribution is -2.53. The molecule has 0 amide bonds. The van der Waals surface area contributed by atoms with Crippen LogP contribution in [0.5, 0.6) is 0 Å². The Morgan fingerprint density at radius 2 is 2.00 bits per heavy atom. The molecule has 0 aromatic heterocycles. The summed E-state index contributed by atoms with van der Waals surface area (Å²) in [5.41, 5.74) is -0.233. The number of nitrogens with zero attached hydrogens (tertiary/aromatic N) is 2. The molecule has 2 heterocycles. The van der Waals surface area contributed by atoms with Crippen molar-refractivity contribution in [3.63, 3.8) is 0 Å². The van der Waals surface area contributed by atoms with Gasteiger partial charge in [0.15, 0.2) is 0 Å². The van der Waals surface area contributed by atoms with Crippen molar-refractivity contribution in [1.82, 2.24) is 4.90 Å². The lowest BCUT2D eigenvalue weighted by Gasteiger charge is -2.43. The molecule has 0 N–H and O–H groups in total. The Hall–Kier alpha value is -0.590. The van der Waals surface area contributed by atoms with Crippen LogP contribution in [0.1, 0.15) is 51.9 Å². The van der Waals surface area contributed by atoms with E-state index in [2.05, 4.69) is 17.9 Å². The van der Waals surface area contributed by atoms with Crippen LogP contribution in [0.2, 0.25) is 0 Å². The molecule has 0 saturated carbocycles. The highest BCUT2D eigenvalue weighted by Gasteiger charge is 2.41. The maximum atomic E-state index is 9.65. The molecule has 17 heavy (non-hydrogen) atoms. The zero-order valence-electron chi connectivity index (χ0n) is 11.0. The highest BCUT2D eigenvalue weighted by atomic mass is 16.5. The third-order valence-corrected chi connectivity index (χ3v) is 4.31. The van der Waals surface area contributed by atoms with Crippen molar-refractivity contribution in [2.24, 2.45) is 0 Å². The first-order chi connectivity index (χ1) is 8.30. The Morgan fingerprint density at radius 1 is 1.29 bits per heavy atom. The summed E-state index contributed by atoms with van der Waals surface area (Å²) in [7, 11) is 0. The van der Waals surface area contributed by atoms with Crippen LogP contribution in [-0.2, 0) is 4.74 Å². The Labute approximate surface area is 105 Å². The molecule has 2 fully saturated rings. The monoisotopic (exact) mass is 236 g/mol. The van der Waals surface area contributed by atoms with Crippen LogP contribution in [0, 0.1) is 11.3 Å². The highest BCUT2D eigenvalue weighted by molar-refractivity contribution is 5.11. The van der Waals surface area contributed by atoms with Crippen molar-refractivity contribution in [3.8, 4) is 6.07 Å². The minimum atomic E-state index is -0.233. The van der Waals surface area contributed by atoms with E-state index < -0.39 is 0 Å². The molecule has 3 heteroatoms. The van der Waals surface area contributed by atoms with Crippen molar-refractivity contribution >= 4 is 0 Å². The lowest BCUT2D eigenvalue weighted by molar-refractivity contribution is -0.0527. The molecule has 2 aliphatic rings. The van der Waals surface area contributed by atoms with E-state index in [1.165, 1.54) is 25.7 Å². The predicted octanol–water partition coefficient (Wildman–Crippen LogP) is 2.71. The van der Waals surface area contributed by atoms with Gasteiger partial charge in [-0.05, 0) is 32.4 Å². The summed E-state index contributed by atoms with van der Waals surface area (Å²) < 4.78 is 5.73. The fourth-order valence-corrected chi connectivity index (χ4v) is 3.15. The molecular weight excluding hydrogens is 212 g/mol. The van der Waals surface area contributed by atoms with Crippen LogP contribution in [-0.4, -0.2) is 36.2 Å². The van der Waals surface area contributed by atoms with E-state index in [1.54, 1.807) is 0 Å². The van der Waals surface area contributed by atoms with Crippen LogP contribution in [0.15, 0.2) is 0 Å². The van der Waals surface area contributed by atoms with E-state index in [0.29, 0.717) is 0 Å². The van der Waals surface area contributed by atoms with Gasteiger partial charge in [-0.2, -0.15) is 5.26 Å². The maximum Gasteiger partial charge on any atom is 0.113 e. The van der Waals surface area contributed by atoms with Gasteiger partial charge in [0, 0.05) is 19.4 Å². The Balaban J connectivity index is 2.09. The number of likely N-dealkylation sites (tertiary alicyclic amines) is 1. The van der Waals surface area contributed by atoms with E-state index >= 15 is 0 Å². The molecule has 0 aromatic carbocycles. The average molecular weight is 236 g/mol. The first kappa shape index (κ1) is 12.9. The molecule has 96 valence electrons. The molecule has 0 spiro atoms. The number of rotatable bonds is 2. The topological polar surface area (TPSA) is 36.3 Å². The zero-order valence-corrected chi connectivity index (χ0v) is 11.0. The summed E-state index contributed by atoms with van der Waals surface area (Å²) >= 11 is 0. The van der Waals surface area contributed by atoms with Gasteiger partial charge in [0.05, 0.1) is 12.2 Å². The van der Waals surface area contributed by atoms with E-state index in [1.807, 2.05) is 0 Å². The maximum absolute atomic E-state index is 9.65. The Morgan fingerprint density at radius 3 is 2.59 bits per heavy atom. The van der Waals surface area contributed by atoms with Crippen LogP contribution in [0.3, 0.4) is 0 Å². The average Bonchev–Trinajstić information content (AvgIpc) is 2.68. The molecule has 0 radical (unpaired) electrons. The Kier molecular flexibility index (Phi) is 4.42. The number of hydrogen-bond acceptors (Lipinski definition) is 3. The van der Waals surface area contributed by atoms with E-state index in [9.17, 15) is 5.26 Å². The summed E-state index contributed by atoms with van der Waals surface area (Å²) in [5.74, 6) is 0. The molecular formula is C14H24N2O. The third kappa shape index (κ3) is 2.81. The summed E-state index contributed by atoms with van der Waals surface area (Å²) in [4.78, 5) is 2.45. The minimum absolute atomic E-state index is 0.233. The second kappa shape index (κ2) is 5.84. The van der Waals surface area contributed by atoms with Crippen molar-refractivity contribution < 1.29 is 4.74 Å². The van der Waals surface area contributed by atoms with Crippen LogP contribution in [0.4, 0.5) is 0 Å². The largest absolute Gasteiger partial charge is 0.378 e. The van der Waals surface area contributed by atoms with Crippen LogP contribution in [0.25, 0.3) is 0 Å². The lowest BCUT2D eigenvalue weighted by atomic mass is 9.85. The summed E-state index contributed by atoms with van der Waals surface area (Å²) in [6.07, 6.45) is 8.25. The molecule has 2 rings (SSSR count). The fourth-order valence-electron chi connectivity index (χ4n) is 3.15. The molecule has 2 saturated heterocycles. The highest BCUT2D eigenvalue weighted by Crippen LogP contribution is 2.33. The first-order valence-corrected chi connectivity index (χ1v) is 7.08. The second-order valence-corrected chi connectivity index (χ2v) is 5.40. The van der Waals surface area contributed by atoms with Gasteiger partial charge in [0.1, 0.15) is 5.54 Å². The predicted molar refractivity (Wildman–Crippen MR) is 67.7 cm³/mol. The van der Waals surface area contributed by atoms with Gasteiger partial charge in [0.25, 0.3) is 0 Å².